The van der Waals surface area contributed by atoms with Gasteiger partial charge in [0.05, 0.1) is 28.0 Å². The van der Waals surface area contributed by atoms with Crippen LogP contribution in [0.2, 0.25) is 17.3 Å². The van der Waals surface area contributed by atoms with Crippen LogP contribution in [0.5, 0.6) is 0 Å². The molecule has 78 heavy (non-hydrogen) atoms. The number of furan rings is 1. The van der Waals surface area contributed by atoms with Gasteiger partial charge >= 0.3 is 137 Å². The van der Waals surface area contributed by atoms with E-state index >= 15 is 0 Å². The molecule has 1 radical (unpaired) electrons. The first-order valence-electron chi connectivity index (χ1n) is 26.8. The normalized spacial score (nSPS) is 12.7. The SMILES string of the molecule is Cc1c[c-]c(-c2nc3c4ccccc4c4ccccc4c3n2-c2cc(-c3ccccc3)ccc2-c2ccccc2)c2oc3cc(-c4ccccc4)cnc3c12.[2H]C(C)(c1cc(-c2[c-]cc(F)cc2)nc[c]1[Ge]([CH3])([CH3])[CH3])C(C)C.[Ir]. The summed E-state index contributed by atoms with van der Waals surface area (Å²) in [7, 11) is 0. The van der Waals surface area contributed by atoms with Crippen LogP contribution in [-0.4, -0.2) is 32.8 Å². The van der Waals surface area contributed by atoms with Crippen LogP contribution in [0.1, 0.15) is 39.2 Å². The Hall–Kier alpha value is -7.81. The van der Waals surface area contributed by atoms with Gasteiger partial charge in [0.1, 0.15) is 5.58 Å². The summed E-state index contributed by atoms with van der Waals surface area (Å²) >= 11 is -2.15. The van der Waals surface area contributed by atoms with E-state index < -0.39 is 19.2 Å². The summed E-state index contributed by atoms with van der Waals surface area (Å²) in [4.78, 5) is 15.2. The molecule has 0 spiro atoms. The number of fused-ring (bicyclic) bond motifs is 9. The zero-order valence-electron chi connectivity index (χ0n) is 45.6. The first-order chi connectivity index (χ1) is 37.7. The summed E-state index contributed by atoms with van der Waals surface area (Å²) in [5.74, 6) is 6.93. The van der Waals surface area contributed by atoms with Gasteiger partial charge in [-0.15, -0.1) is 17.7 Å². The third kappa shape index (κ3) is 9.70. The molecule has 0 saturated heterocycles. The van der Waals surface area contributed by atoms with E-state index in [0.717, 1.165) is 117 Å². The average Bonchev–Trinajstić information content (AvgIpc) is 3.91. The van der Waals surface area contributed by atoms with Crippen molar-refractivity contribution in [2.24, 2.45) is 5.92 Å². The molecule has 1 unspecified atom stereocenters. The number of imidazole rings is 1. The molecule has 0 saturated carbocycles. The van der Waals surface area contributed by atoms with E-state index in [-0.39, 0.29) is 31.8 Å². The molecule has 5 nitrogen and oxygen atoms in total. The number of aromatic nitrogens is 4. The number of rotatable bonds is 9. The van der Waals surface area contributed by atoms with E-state index in [9.17, 15) is 4.39 Å². The van der Waals surface area contributed by atoms with Crippen LogP contribution in [0.3, 0.4) is 0 Å². The van der Waals surface area contributed by atoms with Crippen molar-refractivity contribution >= 4 is 72.3 Å². The Morgan fingerprint density at radius 1 is 0.603 bits per heavy atom. The molecular weight excluding hydrogens is 1200 g/mol. The maximum absolute atomic E-state index is 13.1. The second-order valence-corrected chi connectivity index (χ2v) is 31.8. The summed E-state index contributed by atoms with van der Waals surface area (Å²) in [5.41, 5.74) is 16.3. The fourth-order valence-electron chi connectivity index (χ4n) is 10.7. The molecule has 8 heteroatoms. The number of benzene rings is 9. The monoisotopic (exact) mass is 1260 g/mol. The van der Waals surface area contributed by atoms with E-state index in [4.69, 9.17) is 15.8 Å². The smallest absolute Gasteiger partial charge is 0 e. The fraction of sp³-hybridized carbons (Fsp3) is 0.129. The Labute approximate surface area is 473 Å². The minimum absolute atomic E-state index is 0. The standard InChI is InChI=1S/C51H32N3O.C19H25FGeN.Ir/c1-32-25-27-43(50-46(32)48-45(55-50)30-37(31-52-48)34-17-7-3-8-18-34)51-53-47-41-23-13-11-21-39(41)40-22-12-14-24-42(40)49(47)54(51)44-29-36(33-15-5-2-6-16-33)26-28-38(44)35-19-9-4-10-20-35;1-13(2)14(3)17-11-19(15-7-9-16(20)10-8-15)22-12-18(17)21(4,5)6;/h2-26,28-31H,1H3;7,9-14H,1-6H3;/q2*-1;/i;14D;. The minimum atomic E-state index is -2.15. The molecule has 9 aromatic carbocycles. The Bertz CT molecular complexity index is 4380. The number of nitrogens with zero attached hydrogens (tertiary/aromatic N) is 4. The van der Waals surface area contributed by atoms with Gasteiger partial charge in [-0.3, -0.25) is 9.97 Å². The van der Waals surface area contributed by atoms with Gasteiger partial charge in [-0.1, -0.05) is 164 Å². The Balaban J connectivity index is 0.000000233. The molecule has 0 aliphatic carbocycles. The van der Waals surface area contributed by atoms with Crippen molar-refractivity contribution in [2.45, 2.75) is 50.9 Å². The van der Waals surface area contributed by atoms with Crippen LogP contribution in [-0.2, 0) is 20.1 Å². The average molecular weight is 1260 g/mol. The molecule has 0 amide bonds. The number of pyridine rings is 2. The Kier molecular flexibility index (Phi) is 14.1. The minimum Gasteiger partial charge on any atom is 0 e. The second kappa shape index (κ2) is 21.5. The predicted octanol–water partition coefficient (Wildman–Crippen LogP) is 18.4. The van der Waals surface area contributed by atoms with Gasteiger partial charge in [-0.25, -0.2) is 0 Å². The van der Waals surface area contributed by atoms with Crippen molar-refractivity contribution < 1.29 is 30.3 Å². The number of hydrogen-bond donors (Lipinski definition) is 0. The van der Waals surface area contributed by atoms with Crippen LogP contribution >= 0.6 is 0 Å². The first kappa shape index (κ1) is 51.0. The molecule has 4 aromatic heterocycles. The van der Waals surface area contributed by atoms with Gasteiger partial charge in [-0.05, 0) is 50.5 Å². The topological polar surface area (TPSA) is 56.7 Å². The van der Waals surface area contributed by atoms with Crippen LogP contribution in [0.15, 0.2) is 211 Å². The summed E-state index contributed by atoms with van der Waals surface area (Å²) in [5, 5.41) is 5.54. The number of hydrogen-bond acceptors (Lipinski definition) is 4. The van der Waals surface area contributed by atoms with E-state index in [0.29, 0.717) is 0 Å². The van der Waals surface area contributed by atoms with E-state index in [1.807, 2.05) is 43.6 Å². The molecule has 0 aliphatic heterocycles. The van der Waals surface area contributed by atoms with Crippen LogP contribution in [0, 0.1) is 30.8 Å². The van der Waals surface area contributed by atoms with Crippen molar-refractivity contribution in [3.8, 4) is 61.7 Å². The molecule has 4 heterocycles. The third-order valence-electron chi connectivity index (χ3n) is 14.9. The van der Waals surface area contributed by atoms with Gasteiger partial charge in [0.15, 0.2) is 0 Å². The molecule has 1 atom stereocenters. The van der Waals surface area contributed by atoms with E-state index in [1.165, 1.54) is 27.3 Å². The van der Waals surface area contributed by atoms with Gasteiger partial charge in [-0.2, -0.15) is 0 Å². The fourth-order valence-corrected chi connectivity index (χ4v) is 13.9. The van der Waals surface area contributed by atoms with Crippen LogP contribution in [0.25, 0.3) is 116 Å². The summed E-state index contributed by atoms with van der Waals surface area (Å²) < 4.78 is 32.5. The molecule has 13 aromatic rings. The quantitative estimate of drug-likeness (QED) is 0.0821. The van der Waals surface area contributed by atoms with Crippen LogP contribution < -0.4 is 4.40 Å². The second-order valence-electron chi connectivity index (χ2n) is 21.2. The van der Waals surface area contributed by atoms with Crippen molar-refractivity contribution in [3.63, 3.8) is 0 Å². The maximum Gasteiger partial charge on any atom is 0 e. The maximum atomic E-state index is 13.1. The van der Waals surface area contributed by atoms with Crippen LogP contribution in [0.4, 0.5) is 4.39 Å². The van der Waals surface area contributed by atoms with Crippen molar-refractivity contribution in [2.75, 3.05) is 0 Å². The van der Waals surface area contributed by atoms with Crippen molar-refractivity contribution in [1.29, 1.82) is 0 Å². The molecule has 0 aliphatic rings. The summed E-state index contributed by atoms with van der Waals surface area (Å²) in [6.45, 7) is 8.24. The zero-order valence-corrected chi connectivity index (χ0v) is 49.1. The Morgan fingerprint density at radius 3 is 1.86 bits per heavy atom. The summed E-state index contributed by atoms with van der Waals surface area (Å²) in [6.07, 6.45) is 3.88. The summed E-state index contributed by atoms with van der Waals surface area (Å²) in [6, 6.07) is 72.8. The Morgan fingerprint density at radius 2 is 1.22 bits per heavy atom. The largest absolute Gasteiger partial charge is 0 e. The molecule has 385 valence electrons. The molecule has 0 fully saturated rings. The predicted molar refractivity (Wildman–Crippen MR) is 321 cm³/mol. The molecule has 13 rings (SSSR count). The zero-order chi connectivity index (χ0) is 53.9. The van der Waals surface area contributed by atoms with E-state index in [1.54, 1.807) is 6.07 Å². The number of halogens is 1. The first-order valence-corrected chi connectivity index (χ1v) is 33.6. The van der Waals surface area contributed by atoms with E-state index in [2.05, 4.69) is 211 Å². The molecule has 0 bridgehead atoms. The molecule has 0 N–H and O–H groups in total. The van der Waals surface area contributed by atoms with Gasteiger partial charge in [0.25, 0.3) is 0 Å². The van der Waals surface area contributed by atoms with Gasteiger partial charge in [0, 0.05) is 53.9 Å². The van der Waals surface area contributed by atoms with Crippen molar-refractivity contribution in [1.82, 2.24) is 19.5 Å². The van der Waals surface area contributed by atoms with Gasteiger partial charge in [0.2, 0.25) is 0 Å². The molecular formula is C70H57FGeIrN4O-2. The van der Waals surface area contributed by atoms with Crippen molar-refractivity contribution in [3.05, 3.63) is 236 Å². The van der Waals surface area contributed by atoms with Gasteiger partial charge < -0.3 is 8.98 Å². The third-order valence-corrected chi connectivity index (χ3v) is 19.2. The number of aryl methyl sites for hydroxylation is 1.